The molecular weight excluding hydrogens is 300 g/mol. The number of hydrogen-bond donors (Lipinski definition) is 2. The topological polar surface area (TPSA) is 88.1 Å². The van der Waals surface area contributed by atoms with Gasteiger partial charge in [0.1, 0.15) is 12.7 Å². The van der Waals surface area contributed by atoms with Crippen molar-refractivity contribution in [3.8, 4) is 0 Å². The van der Waals surface area contributed by atoms with Crippen molar-refractivity contribution in [2.75, 3.05) is 33.4 Å². The van der Waals surface area contributed by atoms with Gasteiger partial charge in [0.15, 0.2) is 0 Å². The number of amides is 2. The minimum absolute atomic E-state index is 0.0423. The third-order valence-electron chi connectivity index (χ3n) is 4.15. The van der Waals surface area contributed by atoms with Crippen LogP contribution in [0.4, 0.5) is 0 Å². The predicted octanol–water partition coefficient (Wildman–Crippen LogP) is -0.164. The molecule has 0 aromatic carbocycles. The fourth-order valence-corrected chi connectivity index (χ4v) is 2.94. The largest absolute Gasteiger partial charge is 0.394 e. The van der Waals surface area contributed by atoms with Crippen LogP contribution in [0.15, 0.2) is 12.2 Å². The molecule has 0 bridgehead atoms. The molecule has 0 spiro atoms. The molecule has 7 heteroatoms. The minimum Gasteiger partial charge on any atom is -0.394 e. The van der Waals surface area contributed by atoms with Crippen LogP contribution in [-0.4, -0.2) is 73.5 Å². The lowest BCUT2D eigenvalue weighted by molar-refractivity contribution is -0.137. The zero-order chi connectivity index (χ0) is 16.7. The number of aliphatic hydroxyl groups excluding tert-OH is 1. The lowest BCUT2D eigenvalue weighted by Crippen LogP contribution is -2.50. The fourth-order valence-electron chi connectivity index (χ4n) is 2.94. The van der Waals surface area contributed by atoms with Gasteiger partial charge in [-0.1, -0.05) is 12.2 Å². The molecule has 7 nitrogen and oxygen atoms in total. The maximum absolute atomic E-state index is 12.3. The van der Waals surface area contributed by atoms with Crippen LogP contribution < -0.4 is 5.32 Å². The number of methoxy groups -OCH3 is 1. The molecule has 0 saturated carbocycles. The van der Waals surface area contributed by atoms with Gasteiger partial charge in [0, 0.05) is 20.2 Å². The first-order valence-electron chi connectivity index (χ1n) is 8.14. The van der Waals surface area contributed by atoms with Gasteiger partial charge < -0.3 is 24.8 Å². The molecule has 2 aliphatic rings. The number of nitrogens with one attached hydrogen (secondary N) is 1. The molecule has 2 heterocycles. The molecule has 23 heavy (non-hydrogen) atoms. The van der Waals surface area contributed by atoms with Crippen LogP contribution in [-0.2, 0) is 19.1 Å². The Morgan fingerprint density at radius 1 is 1.30 bits per heavy atom. The van der Waals surface area contributed by atoms with Crippen molar-refractivity contribution in [1.82, 2.24) is 10.2 Å². The van der Waals surface area contributed by atoms with E-state index in [-0.39, 0.29) is 37.6 Å². The molecule has 0 aliphatic carbocycles. The summed E-state index contributed by atoms with van der Waals surface area (Å²) in [6.07, 6.45) is 6.21. The van der Waals surface area contributed by atoms with E-state index in [1.807, 2.05) is 4.90 Å². The lowest BCUT2D eigenvalue weighted by atomic mass is 10.0. The Morgan fingerprint density at radius 3 is 2.70 bits per heavy atom. The van der Waals surface area contributed by atoms with E-state index in [2.05, 4.69) is 5.32 Å². The Hall–Kier alpha value is -1.44. The first-order chi connectivity index (χ1) is 11.1. The maximum atomic E-state index is 12.3. The number of ether oxygens (including phenoxy) is 2. The van der Waals surface area contributed by atoms with Crippen molar-refractivity contribution in [3.05, 3.63) is 12.2 Å². The second kappa shape index (κ2) is 9.00. The number of aliphatic hydroxyl groups is 1. The van der Waals surface area contributed by atoms with Gasteiger partial charge in [-0.05, 0) is 19.3 Å². The third kappa shape index (κ3) is 5.30. The Kier molecular flexibility index (Phi) is 7.01. The number of piperidine rings is 1. The van der Waals surface area contributed by atoms with Crippen LogP contribution in [0.25, 0.3) is 0 Å². The summed E-state index contributed by atoms with van der Waals surface area (Å²) in [4.78, 5) is 25.7. The Morgan fingerprint density at radius 2 is 2.04 bits per heavy atom. The number of rotatable bonds is 6. The summed E-state index contributed by atoms with van der Waals surface area (Å²) < 4.78 is 10.5. The van der Waals surface area contributed by atoms with E-state index in [1.165, 1.54) is 13.5 Å². The van der Waals surface area contributed by atoms with E-state index < -0.39 is 12.1 Å². The van der Waals surface area contributed by atoms with Crippen LogP contribution in [0.1, 0.15) is 25.7 Å². The highest BCUT2D eigenvalue weighted by Gasteiger charge is 2.30. The first kappa shape index (κ1) is 17.9. The molecular formula is C16H26N2O5. The third-order valence-corrected chi connectivity index (χ3v) is 4.15. The highest BCUT2D eigenvalue weighted by Crippen LogP contribution is 2.18. The lowest BCUT2D eigenvalue weighted by Gasteiger charge is -2.33. The van der Waals surface area contributed by atoms with Crippen molar-refractivity contribution in [1.29, 1.82) is 0 Å². The Bertz CT molecular complexity index is 434. The summed E-state index contributed by atoms with van der Waals surface area (Å²) in [5.74, 6) is -0.190. The van der Waals surface area contributed by atoms with Crippen molar-refractivity contribution < 1.29 is 24.2 Å². The first-order valence-corrected chi connectivity index (χ1v) is 8.14. The quantitative estimate of drug-likeness (QED) is 0.662. The van der Waals surface area contributed by atoms with Crippen molar-refractivity contribution in [2.24, 2.45) is 0 Å². The van der Waals surface area contributed by atoms with E-state index in [0.717, 1.165) is 25.9 Å². The van der Waals surface area contributed by atoms with Gasteiger partial charge in [-0.3, -0.25) is 9.59 Å². The van der Waals surface area contributed by atoms with Crippen LogP contribution in [0.3, 0.4) is 0 Å². The summed E-state index contributed by atoms with van der Waals surface area (Å²) in [6, 6.07) is -0.413. The van der Waals surface area contributed by atoms with Gasteiger partial charge in [0.25, 0.3) is 0 Å². The van der Waals surface area contributed by atoms with Gasteiger partial charge in [0.05, 0.1) is 25.2 Å². The Balaban J connectivity index is 1.87. The summed E-state index contributed by atoms with van der Waals surface area (Å²) in [7, 11) is 1.44. The average Bonchev–Trinajstić information content (AvgIpc) is 2.57. The minimum atomic E-state index is -0.556. The zero-order valence-corrected chi connectivity index (χ0v) is 13.6. The number of nitrogens with zero attached hydrogens (tertiary/aromatic N) is 1. The molecule has 0 unspecified atom stereocenters. The SMILES string of the molecule is COCC(=O)N[C@H]1C=C[C@@H](CC(=O)N2CCCCC2)O[C@H]1CO. The second-order valence-corrected chi connectivity index (χ2v) is 5.95. The summed E-state index contributed by atoms with van der Waals surface area (Å²) in [5.41, 5.74) is 0. The van der Waals surface area contributed by atoms with Gasteiger partial charge in [-0.15, -0.1) is 0 Å². The normalized spacial score (nSPS) is 27.7. The van der Waals surface area contributed by atoms with Crippen molar-refractivity contribution >= 4 is 11.8 Å². The van der Waals surface area contributed by atoms with Crippen LogP contribution >= 0.6 is 0 Å². The number of hydrogen-bond acceptors (Lipinski definition) is 5. The van der Waals surface area contributed by atoms with Gasteiger partial charge in [-0.2, -0.15) is 0 Å². The summed E-state index contributed by atoms with van der Waals surface area (Å²) in [5, 5.41) is 12.2. The molecule has 1 saturated heterocycles. The van der Waals surface area contributed by atoms with E-state index in [0.29, 0.717) is 0 Å². The highest BCUT2D eigenvalue weighted by atomic mass is 16.5. The van der Waals surface area contributed by atoms with Crippen molar-refractivity contribution in [2.45, 2.75) is 43.9 Å². The molecule has 3 atom stereocenters. The van der Waals surface area contributed by atoms with E-state index in [9.17, 15) is 14.7 Å². The summed E-state index contributed by atoms with van der Waals surface area (Å²) in [6.45, 7) is 1.36. The van der Waals surface area contributed by atoms with Gasteiger partial charge in [0.2, 0.25) is 11.8 Å². The number of carbonyl (C=O) groups is 2. The van der Waals surface area contributed by atoms with Gasteiger partial charge in [-0.25, -0.2) is 0 Å². The average molecular weight is 326 g/mol. The molecule has 2 amide bonds. The van der Waals surface area contributed by atoms with Crippen LogP contribution in [0.5, 0.6) is 0 Å². The highest BCUT2D eigenvalue weighted by molar-refractivity contribution is 5.78. The molecule has 0 radical (unpaired) electrons. The van der Waals surface area contributed by atoms with Crippen molar-refractivity contribution in [3.63, 3.8) is 0 Å². The van der Waals surface area contributed by atoms with E-state index in [1.54, 1.807) is 12.2 Å². The zero-order valence-electron chi connectivity index (χ0n) is 13.6. The predicted molar refractivity (Wildman–Crippen MR) is 83.7 cm³/mol. The van der Waals surface area contributed by atoms with Crippen LogP contribution in [0, 0.1) is 0 Å². The number of likely N-dealkylation sites (tertiary alicyclic amines) is 1. The smallest absolute Gasteiger partial charge is 0.246 e. The molecule has 2 rings (SSSR count). The standard InChI is InChI=1S/C16H26N2O5/c1-22-11-15(20)17-13-6-5-12(23-14(13)10-19)9-16(21)18-7-3-2-4-8-18/h5-6,12-14,19H,2-4,7-11H2,1H3,(H,17,20)/t12-,13-,14-/m0/s1. The van der Waals surface area contributed by atoms with Gasteiger partial charge >= 0.3 is 0 Å². The van der Waals surface area contributed by atoms with Crippen LogP contribution in [0.2, 0.25) is 0 Å². The summed E-state index contributed by atoms with van der Waals surface area (Å²) >= 11 is 0. The fraction of sp³-hybridized carbons (Fsp3) is 0.750. The second-order valence-electron chi connectivity index (χ2n) is 5.95. The van der Waals surface area contributed by atoms with E-state index in [4.69, 9.17) is 9.47 Å². The molecule has 0 aromatic rings. The Labute approximate surface area is 136 Å². The number of carbonyl (C=O) groups excluding carboxylic acids is 2. The molecule has 0 aromatic heterocycles. The molecule has 1 fully saturated rings. The molecule has 2 N–H and O–H groups in total. The van der Waals surface area contributed by atoms with E-state index >= 15 is 0 Å². The maximum Gasteiger partial charge on any atom is 0.246 e. The molecule has 2 aliphatic heterocycles. The monoisotopic (exact) mass is 326 g/mol. The molecule has 130 valence electrons.